The Morgan fingerprint density at radius 3 is 2.52 bits per heavy atom. The number of pyridine rings is 1. The summed E-state index contributed by atoms with van der Waals surface area (Å²) in [4.78, 5) is 7.43. The molecule has 0 bridgehead atoms. The summed E-state index contributed by atoms with van der Waals surface area (Å²) in [6.07, 6.45) is 2.00. The number of quaternary nitrogens is 1. The molecule has 122 valence electrons. The lowest BCUT2D eigenvalue weighted by molar-refractivity contribution is -0.914. The van der Waals surface area contributed by atoms with Crippen molar-refractivity contribution in [1.29, 1.82) is 0 Å². The topological polar surface area (TPSA) is 31.1 Å². The standard InChI is InChI=1S/C19H25N3O/c1-15-16(2)18(23-3)8-7-17(15)14-21-10-12-22(13-11-21)19-6-4-5-9-20-19/h4-9H,10-14H2,1-3H3/p+2. The first-order valence-corrected chi connectivity index (χ1v) is 8.37. The van der Waals surface area contributed by atoms with E-state index in [-0.39, 0.29) is 0 Å². The average molecular weight is 313 g/mol. The summed E-state index contributed by atoms with van der Waals surface area (Å²) in [6, 6.07) is 10.6. The monoisotopic (exact) mass is 313 g/mol. The number of piperazine rings is 1. The number of H-pyrrole nitrogens is 1. The first-order chi connectivity index (χ1) is 11.2. The number of nitrogens with one attached hydrogen (secondary N) is 2. The van der Waals surface area contributed by atoms with Gasteiger partial charge in [0.2, 0.25) is 0 Å². The molecule has 2 N–H and O–H groups in total. The second kappa shape index (κ2) is 7.01. The fourth-order valence-corrected chi connectivity index (χ4v) is 3.36. The van der Waals surface area contributed by atoms with Gasteiger partial charge >= 0.3 is 0 Å². The largest absolute Gasteiger partial charge is 0.496 e. The molecule has 4 heteroatoms. The third-order valence-corrected chi connectivity index (χ3v) is 5.01. The van der Waals surface area contributed by atoms with E-state index in [4.69, 9.17) is 4.74 Å². The predicted molar refractivity (Wildman–Crippen MR) is 92.1 cm³/mol. The predicted octanol–water partition coefficient (Wildman–Crippen LogP) is 1.03. The van der Waals surface area contributed by atoms with E-state index in [0.717, 1.165) is 25.4 Å². The number of ether oxygens (including phenoxy) is 1. The molecular formula is C19H27N3O+2. The molecule has 1 aromatic carbocycles. The van der Waals surface area contributed by atoms with Crippen LogP contribution in [0.15, 0.2) is 36.5 Å². The minimum atomic E-state index is 0.991. The highest BCUT2D eigenvalue weighted by atomic mass is 16.5. The van der Waals surface area contributed by atoms with E-state index in [0.29, 0.717) is 0 Å². The molecule has 3 rings (SSSR count). The van der Waals surface area contributed by atoms with Crippen LogP contribution in [0, 0.1) is 13.8 Å². The maximum absolute atomic E-state index is 5.42. The molecule has 0 spiro atoms. The molecule has 1 aliphatic heterocycles. The molecule has 0 atom stereocenters. The van der Waals surface area contributed by atoms with Crippen LogP contribution < -0.4 is 19.5 Å². The first-order valence-electron chi connectivity index (χ1n) is 8.37. The average Bonchev–Trinajstić information content (AvgIpc) is 2.61. The van der Waals surface area contributed by atoms with Gasteiger partial charge in [-0.3, -0.25) is 4.90 Å². The van der Waals surface area contributed by atoms with Crippen molar-refractivity contribution in [3.63, 3.8) is 0 Å². The van der Waals surface area contributed by atoms with Gasteiger partial charge in [-0.1, -0.05) is 6.07 Å². The van der Waals surface area contributed by atoms with Gasteiger partial charge in [-0.15, -0.1) is 0 Å². The second-order valence-electron chi connectivity index (χ2n) is 6.34. The Balaban J connectivity index is 1.62. The molecule has 0 saturated carbocycles. The normalized spacial score (nSPS) is 15.7. The molecule has 4 nitrogen and oxygen atoms in total. The van der Waals surface area contributed by atoms with Gasteiger partial charge < -0.3 is 9.64 Å². The number of hydrogen-bond acceptors (Lipinski definition) is 2. The van der Waals surface area contributed by atoms with Gasteiger partial charge in [0.1, 0.15) is 38.5 Å². The zero-order chi connectivity index (χ0) is 16.2. The van der Waals surface area contributed by atoms with Crippen LogP contribution in [0.5, 0.6) is 5.75 Å². The molecule has 0 aliphatic carbocycles. The highest BCUT2D eigenvalue weighted by Gasteiger charge is 2.26. The quantitative estimate of drug-likeness (QED) is 0.914. The van der Waals surface area contributed by atoms with Gasteiger partial charge in [-0.05, 0) is 43.2 Å². The minimum absolute atomic E-state index is 0.991. The zero-order valence-corrected chi connectivity index (χ0v) is 14.4. The summed E-state index contributed by atoms with van der Waals surface area (Å²) in [5, 5.41) is 0. The Bertz CT molecular complexity index is 649. The molecule has 1 aliphatic rings. The van der Waals surface area contributed by atoms with Crippen molar-refractivity contribution < 1.29 is 14.6 Å². The van der Waals surface area contributed by atoms with E-state index in [1.807, 2.05) is 12.3 Å². The molecular weight excluding hydrogens is 286 g/mol. The van der Waals surface area contributed by atoms with Gasteiger partial charge in [0.25, 0.3) is 5.82 Å². The van der Waals surface area contributed by atoms with E-state index in [1.54, 1.807) is 12.0 Å². The number of rotatable bonds is 4. The van der Waals surface area contributed by atoms with Gasteiger partial charge in [-0.2, -0.15) is 0 Å². The summed E-state index contributed by atoms with van der Waals surface area (Å²) >= 11 is 0. The Labute approximate surface area is 138 Å². The Kier molecular flexibility index (Phi) is 4.82. The third kappa shape index (κ3) is 3.48. The van der Waals surface area contributed by atoms with Gasteiger partial charge in [0.05, 0.1) is 13.3 Å². The van der Waals surface area contributed by atoms with Gasteiger partial charge in [-0.25, -0.2) is 4.98 Å². The molecule has 1 fully saturated rings. The van der Waals surface area contributed by atoms with Crippen molar-refractivity contribution in [3.8, 4) is 5.75 Å². The fourth-order valence-electron chi connectivity index (χ4n) is 3.36. The van der Waals surface area contributed by atoms with E-state index < -0.39 is 0 Å². The maximum atomic E-state index is 5.42. The number of methoxy groups -OCH3 is 1. The number of hydrogen-bond donors (Lipinski definition) is 1. The third-order valence-electron chi connectivity index (χ3n) is 5.01. The van der Waals surface area contributed by atoms with Crippen LogP contribution >= 0.6 is 0 Å². The molecule has 2 heterocycles. The van der Waals surface area contributed by atoms with E-state index >= 15 is 0 Å². The van der Waals surface area contributed by atoms with Crippen LogP contribution in [0.25, 0.3) is 0 Å². The minimum Gasteiger partial charge on any atom is -0.496 e. The molecule has 0 amide bonds. The molecule has 1 aromatic heterocycles. The molecule has 2 aromatic rings. The summed E-state index contributed by atoms with van der Waals surface area (Å²) < 4.78 is 5.42. The van der Waals surface area contributed by atoms with Crippen molar-refractivity contribution in [2.24, 2.45) is 0 Å². The molecule has 1 saturated heterocycles. The highest BCUT2D eigenvalue weighted by molar-refractivity contribution is 5.43. The Morgan fingerprint density at radius 1 is 1.09 bits per heavy atom. The lowest BCUT2D eigenvalue weighted by Gasteiger charge is -2.29. The number of aromatic amines is 1. The van der Waals surface area contributed by atoms with Crippen LogP contribution in [0.3, 0.4) is 0 Å². The maximum Gasteiger partial charge on any atom is 0.274 e. The first kappa shape index (κ1) is 15.8. The van der Waals surface area contributed by atoms with E-state index in [9.17, 15) is 0 Å². The Morgan fingerprint density at radius 2 is 1.87 bits per heavy atom. The number of aromatic nitrogens is 1. The summed E-state index contributed by atoms with van der Waals surface area (Å²) in [5.41, 5.74) is 4.08. The van der Waals surface area contributed by atoms with E-state index in [2.05, 4.69) is 48.0 Å². The second-order valence-corrected chi connectivity index (χ2v) is 6.34. The van der Waals surface area contributed by atoms with Crippen LogP contribution in [0.2, 0.25) is 0 Å². The lowest BCUT2D eigenvalue weighted by Crippen LogP contribution is -3.13. The SMILES string of the molecule is COc1ccc(C[NH+]2CCN(c3cccc[nH+]3)CC2)c(C)c1C. The van der Waals surface area contributed by atoms with Crippen molar-refractivity contribution in [2.75, 3.05) is 38.2 Å². The molecule has 23 heavy (non-hydrogen) atoms. The van der Waals surface area contributed by atoms with Crippen LogP contribution in [0.1, 0.15) is 16.7 Å². The number of nitrogens with zero attached hydrogens (tertiary/aromatic N) is 1. The lowest BCUT2D eigenvalue weighted by atomic mass is 10.0. The number of anilines is 1. The smallest absolute Gasteiger partial charge is 0.274 e. The molecule has 0 unspecified atom stereocenters. The van der Waals surface area contributed by atoms with E-state index in [1.165, 1.54) is 35.6 Å². The zero-order valence-electron chi connectivity index (χ0n) is 14.4. The van der Waals surface area contributed by atoms with Gasteiger partial charge in [0, 0.05) is 11.6 Å². The van der Waals surface area contributed by atoms with Crippen molar-refractivity contribution in [3.05, 3.63) is 53.2 Å². The molecule has 0 radical (unpaired) electrons. The highest BCUT2D eigenvalue weighted by Crippen LogP contribution is 2.23. The Hall–Kier alpha value is -2.07. The summed E-state index contributed by atoms with van der Waals surface area (Å²) in [7, 11) is 1.74. The van der Waals surface area contributed by atoms with Crippen molar-refractivity contribution >= 4 is 5.82 Å². The number of benzene rings is 1. The summed E-state index contributed by atoms with van der Waals surface area (Å²) in [6.45, 7) is 10.0. The van der Waals surface area contributed by atoms with Crippen LogP contribution in [0.4, 0.5) is 5.82 Å². The van der Waals surface area contributed by atoms with Gasteiger partial charge in [0.15, 0.2) is 0 Å². The summed E-state index contributed by atoms with van der Waals surface area (Å²) in [5.74, 6) is 2.22. The van der Waals surface area contributed by atoms with Crippen LogP contribution in [-0.4, -0.2) is 33.3 Å². The van der Waals surface area contributed by atoms with Crippen molar-refractivity contribution in [1.82, 2.24) is 0 Å². The van der Waals surface area contributed by atoms with Crippen molar-refractivity contribution in [2.45, 2.75) is 20.4 Å². The fraction of sp³-hybridized carbons (Fsp3) is 0.421. The van der Waals surface area contributed by atoms with Crippen LogP contribution in [-0.2, 0) is 6.54 Å².